The molecule has 1 amide bonds. The van der Waals surface area contributed by atoms with Crippen molar-refractivity contribution in [3.05, 3.63) is 35.9 Å². The van der Waals surface area contributed by atoms with Gasteiger partial charge in [-0.3, -0.25) is 0 Å². The summed E-state index contributed by atoms with van der Waals surface area (Å²) in [6, 6.07) is 7.17. The van der Waals surface area contributed by atoms with Crippen LogP contribution in [-0.2, 0) is 10.3 Å². The Hall–Kier alpha value is -1.72. The van der Waals surface area contributed by atoms with Crippen LogP contribution in [-0.4, -0.2) is 18.9 Å². The fourth-order valence-electron chi connectivity index (χ4n) is 1.45. The summed E-state index contributed by atoms with van der Waals surface area (Å²) in [5, 5.41) is 1.86. The van der Waals surface area contributed by atoms with Crippen molar-refractivity contribution in [1.82, 2.24) is 5.32 Å². The predicted octanol–water partition coefficient (Wildman–Crippen LogP) is 3.21. The number of amides is 1. The van der Waals surface area contributed by atoms with E-state index in [1.807, 2.05) is 5.32 Å². The fraction of sp³-hybridized carbons (Fsp3) is 0.417. The molecule has 18 heavy (non-hydrogen) atoms. The van der Waals surface area contributed by atoms with Crippen LogP contribution >= 0.6 is 0 Å². The number of hydrogen-bond acceptors (Lipinski definition) is 2. The summed E-state index contributed by atoms with van der Waals surface area (Å²) in [5.74, 6) is 0. The molecule has 6 heteroatoms. The second kappa shape index (κ2) is 5.29. The number of nitrogens with one attached hydrogen (secondary N) is 1. The molecule has 3 nitrogen and oxygen atoms in total. The second-order valence-electron chi connectivity index (χ2n) is 3.83. The third-order valence-corrected chi connectivity index (χ3v) is 2.55. The molecule has 0 aliphatic heterocycles. The number of alkyl carbamates (subject to hydrolysis) is 1. The topological polar surface area (TPSA) is 38.3 Å². The van der Waals surface area contributed by atoms with Crippen LogP contribution in [0.5, 0.6) is 0 Å². The fourth-order valence-corrected chi connectivity index (χ4v) is 1.45. The van der Waals surface area contributed by atoms with E-state index in [0.717, 1.165) is 6.92 Å². The molecular formula is C12H14F3NO2. The summed E-state index contributed by atoms with van der Waals surface area (Å²) < 4.78 is 43.9. The Morgan fingerprint density at radius 2 is 1.83 bits per heavy atom. The smallest absolute Gasteiger partial charge is 0.415 e. The molecule has 1 rings (SSSR count). The maximum absolute atomic E-state index is 13.1. The van der Waals surface area contributed by atoms with Crippen molar-refractivity contribution in [1.29, 1.82) is 0 Å². The Morgan fingerprint density at radius 3 is 2.28 bits per heavy atom. The van der Waals surface area contributed by atoms with Crippen LogP contribution in [0.3, 0.4) is 0 Å². The molecule has 100 valence electrons. The average molecular weight is 261 g/mol. The lowest BCUT2D eigenvalue weighted by Crippen LogP contribution is -2.54. The minimum Gasteiger partial charge on any atom is -0.450 e. The third-order valence-electron chi connectivity index (χ3n) is 2.55. The van der Waals surface area contributed by atoms with Crippen molar-refractivity contribution in [3.8, 4) is 0 Å². The Balaban J connectivity index is 3.09. The van der Waals surface area contributed by atoms with Gasteiger partial charge in [-0.25, -0.2) is 4.79 Å². The molecule has 0 fully saturated rings. The molecular weight excluding hydrogens is 247 g/mol. The van der Waals surface area contributed by atoms with Gasteiger partial charge in [-0.1, -0.05) is 30.3 Å². The number of rotatable bonds is 3. The number of carbonyl (C=O) groups excluding carboxylic acids is 1. The van der Waals surface area contributed by atoms with Crippen LogP contribution in [0.2, 0.25) is 0 Å². The molecule has 0 bridgehead atoms. The van der Waals surface area contributed by atoms with E-state index in [-0.39, 0.29) is 12.2 Å². The van der Waals surface area contributed by atoms with Crippen molar-refractivity contribution >= 4 is 6.09 Å². The van der Waals surface area contributed by atoms with Crippen molar-refractivity contribution < 1.29 is 22.7 Å². The molecule has 1 N–H and O–H groups in total. The first kappa shape index (κ1) is 14.3. The molecule has 0 spiro atoms. The summed E-state index contributed by atoms with van der Waals surface area (Å²) in [6.45, 7) is 2.43. The number of ether oxygens (including phenoxy) is 1. The van der Waals surface area contributed by atoms with Crippen LogP contribution in [0.25, 0.3) is 0 Å². The van der Waals surface area contributed by atoms with Gasteiger partial charge in [0.2, 0.25) is 0 Å². The first-order chi connectivity index (χ1) is 8.31. The van der Waals surface area contributed by atoms with E-state index in [1.54, 1.807) is 6.07 Å². The maximum Gasteiger partial charge on any atom is 0.415 e. The molecule has 1 unspecified atom stereocenters. The maximum atomic E-state index is 13.1. The van der Waals surface area contributed by atoms with Gasteiger partial charge < -0.3 is 10.1 Å². The lowest BCUT2D eigenvalue weighted by atomic mass is 9.91. The van der Waals surface area contributed by atoms with Gasteiger partial charge in [-0.15, -0.1) is 0 Å². The molecule has 0 aliphatic carbocycles. The monoisotopic (exact) mass is 261 g/mol. The minimum absolute atomic E-state index is 0.00849. The first-order valence-corrected chi connectivity index (χ1v) is 5.38. The van der Waals surface area contributed by atoms with Crippen LogP contribution in [0.1, 0.15) is 19.4 Å². The summed E-state index contributed by atoms with van der Waals surface area (Å²) in [7, 11) is 0. The molecule has 0 aromatic heterocycles. The molecule has 1 atom stereocenters. The summed E-state index contributed by atoms with van der Waals surface area (Å²) in [6.07, 6.45) is -5.72. The Kier molecular flexibility index (Phi) is 4.21. The number of hydrogen-bond donors (Lipinski definition) is 1. The van der Waals surface area contributed by atoms with Gasteiger partial charge in [0.05, 0.1) is 6.61 Å². The van der Waals surface area contributed by atoms with E-state index in [4.69, 9.17) is 0 Å². The van der Waals surface area contributed by atoms with E-state index < -0.39 is 17.8 Å². The van der Waals surface area contributed by atoms with Gasteiger partial charge in [0.25, 0.3) is 0 Å². The van der Waals surface area contributed by atoms with Crippen LogP contribution < -0.4 is 5.32 Å². The lowest BCUT2D eigenvalue weighted by Gasteiger charge is -2.32. The standard InChI is InChI=1S/C12H14F3NO2/c1-3-18-10(17)16-11(2,12(13,14)15)9-7-5-4-6-8-9/h4-8H,3H2,1-2H3,(H,16,17). The molecule has 0 radical (unpaired) electrons. The van der Waals surface area contributed by atoms with Gasteiger partial charge in [-0.2, -0.15) is 13.2 Å². The van der Waals surface area contributed by atoms with E-state index >= 15 is 0 Å². The Bertz CT molecular complexity index is 406. The number of carbonyl (C=O) groups is 1. The molecule has 0 aliphatic rings. The number of halogens is 3. The largest absolute Gasteiger partial charge is 0.450 e. The van der Waals surface area contributed by atoms with Crippen molar-refractivity contribution in [2.75, 3.05) is 6.61 Å². The Labute approximate surface area is 103 Å². The van der Waals surface area contributed by atoms with Gasteiger partial charge in [0.15, 0.2) is 5.54 Å². The van der Waals surface area contributed by atoms with Crippen molar-refractivity contribution in [2.24, 2.45) is 0 Å². The van der Waals surface area contributed by atoms with E-state index in [1.165, 1.54) is 31.2 Å². The molecule has 0 heterocycles. The highest BCUT2D eigenvalue weighted by Gasteiger charge is 2.53. The molecule has 1 aromatic rings. The molecule has 1 aromatic carbocycles. The summed E-state index contributed by atoms with van der Waals surface area (Å²) in [5.41, 5.74) is -2.52. The highest BCUT2D eigenvalue weighted by molar-refractivity contribution is 5.68. The van der Waals surface area contributed by atoms with Crippen molar-refractivity contribution in [2.45, 2.75) is 25.6 Å². The minimum atomic E-state index is -4.62. The van der Waals surface area contributed by atoms with E-state index in [0.29, 0.717) is 0 Å². The quantitative estimate of drug-likeness (QED) is 0.907. The lowest BCUT2D eigenvalue weighted by molar-refractivity contribution is -0.193. The van der Waals surface area contributed by atoms with E-state index in [9.17, 15) is 18.0 Å². The normalized spacial score (nSPS) is 14.7. The average Bonchev–Trinajstić information content (AvgIpc) is 2.28. The molecule has 0 saturated heterocycles. The van der Waals surface area contributed by atoms with Crippen molar-refractivity contribution in [3.63, 3.8) is 0 Å². The zero-order valence-corrected chi connectivity index (χ0v) is 10.0. The zero-order chi connectivity index (χ0) is 13.8. The molecule has 0 saturated carbocycles. The van der Waals surface area contributed by atoms with Crippen LogP contribution in [0, 0.1) is 0 Å². The highest BCUT2D eigenvalue weighted by atomic mass is 19.4. The number of benzene rings is 1. The van der Waals surface area contributed by atoms with Crippen LogP contribution in [0.4, 0.5) is 18.0 Å². The van der Waals surface area contributed by atoms with Gasteiger partial charge in [-0.05, 0) is 19.4 Å². The zero-order valence-electron chi connectivity index (χ0n) is 10.0. The van der Waals surface area contributed by atoms with Gasteiger partial charge >= 0.3 is 12.3 Å². The first-order valence-electron chi connectivity index (χ1n) is 5.38. The van der Waals surface area contributed by atoms with Crippen LogP contribution in [0.15, 0.2) is 30.3 Å². The van der Waals surface area contributed by atoms with Gasteiger partial charge in [0.1, 0.15) is 0 Å². The summed E-state index contributed by atoms with van der Waals surface area (Å²) >= 11 is 0. The SMILES string of the molecule is CCOC(=O)NC(C)(c1ccccc1)C(F)(F)F. The number of alkyl halides is 3. The summed E-state index contributed by atoms with van der Waals surface area (Å²) in [4.78, 5) is 11.2. The Morgan fingerprint density at radius 1 is 1.28 bits per heavy atom. The third kappa shape index (κ3) is 2.94. The predicted molar refractivity (Wildman–Crippen MR) is 60.0 cm³/mol. The highest BCUT2D eigenvalue weighted by Crippen LogP contribution is 2.38. The van der Waals surface area contributed by atoms with Gasteiger partial charge in [0, 0.05) is 0 Å². The second-order valence-corrected chi connectivity index (χ2v) is 3.83. The van der Waals surface area contributed by atoms with E-state index in [2.05, 4.69) is 4.74 Å².